The van der Waals surface area contributed by atoms with E-state index in [0.717, 1.165) is 23.4 Å². The van der Waals surface area contributed by atoms with Crippen molar-refractivity contribution in [1.29, 1.82) is 0 Å². The maximum absolute atomic E-state index is 11.8. The van der Waals surface area contributed by atoms with Crippen LogP contribution in [0.5, 0.6) is 0 Å². The lowest BCUT2D eigenvalue weighted by Crippen LogP contribution is -2.22. The molecule has 0 aliphatic heterocycles. The number of nitrogens with zero attached hydrogens (tertiary/aromatic N) is 1. The van der Waals surface area contributed by atoms with Crippen LogP contribution in [0.15, 0.2) is 17.1 Å². The number of hydrogen-bond donors (Lipinski definition) is 2. The molecule has 0 aliphatic rings. The van der Waals surface area contributed by atoms with Crippen molar-refractivity contribution in [3.63, 3.8) is 0 Å². The van der Waals surface area contributed by atoms with E-state index in [-0.39, 0.29) is 5.56 Å². The van der Waals surface area contributed by atoms with Crippen molar-refractivity contribution >= 4 is 0 Å². The highest BCUT2D eigenvalue weighted by molar-refractivity contribution is 5.18. The highest BCUT2D eigenvalue weighted by atomic mass is 16.1. The fourth-order valence-corrected chi connectivity index (χ4v) is 1.53. The largest absolute Gasteiger partial charge is 0.384 e. The minimum atomic E-state index is 0.0425. The van der Waals surface area contributed by atoms with E-state index in [4.69, 9.17) is 0 Å². The molecule has 0 saturated heterocycles. The number of allylic oxidation sites excluding steroid dienone is 1. The Morgan fingerprint density at radius 1 is 1.56 bits per heavy atom. The fourth-order valence-electron chi connectivity index (χ4n) is 1.53. The van der Waals surface area contributed by atoms with Gasteiger partial charge in [-0.1, -0.05) is 27.4 Å². The molecule has 0 fully saturated rings. The van der Waals surface area contributed by atoms with Gasteiger partial charge in [0.25, 0.3) is 5.56 Å². The maximum Gasteiger partial charge on any atom is 0.271 e. The summed E-state index contributed by atoms with van der Waals surface area (Å²) in [6, 6.07) is 0. The Morgan fingerprint density at radius 2 is 2.19 bits per heavy atom. The van der Waals surface area contributed by atoms with Gasteiger partial charge in [-0.05, 0) is 12.3 Å². The van der Waals surface area contributed by atoms with Crippen LogP contribution in [0.4, 0.5) is 0 Å². The average molecular weight is 223 g/mol. The first kappa shape index (κ1) is 12.6. The summed E-state index contributed by atoms with van der Waals surface area (Å²) in [5, 5.41) is 6.25. The Bertz CT molecular complexity index is 426. The Morgan fingerprint density at radius 3 is 2.69 bits per heavy atom. The minimum absolute atomic E-state index is 0.0425. The van der Waals surface area contributed by atoms with Crippen LogP contribution in [0.2, 0.25) is 0 Å². The van der Waals surface area contributed by atoms with Crippen molar-refractivity contribution in [1.82, 2.24) is 15.1 Å². The lowest BCUT2D eigenvalue weighted by Gasteiger charge is -2.11. The molecule has 90 valence electrons. The molecule has 0 spiro atoms. The quantitative estimate of drug-likeness (QED) is 0.795. The molecule has 0 unspecified atom stereocenters. The van der Waals surface area contributed by atoms with Crippen molar-refractivity contribution in [2.75, 3.05) is 0 Å². The van der Waals surface area contributed by atoms with Gasteiger partial charge in [0.2, 0.25) is 0 Å². The van der Waals surface area contributed by atoms with E-state index < -0.39 is 0 Å². The van der Waals surface area contributed by atoms with E-state index in [0.29, 0.717) is 12.5 Å². The molecule has 0 aromatic carbocycles. The number of aromatic amines is 1. The summed E-state index contributed by atoms with van der Waals surface area (Å²) in [7, 11) is 1.74. The van der Waals surface area contributed by atoms with Gasteiger partial charge in [-0.3, -0.25) is 14.6 Å². The number of aryl methyl sites for hydroxylation is 2. The number of aromatic nitrogens is 2. The van der Waals surface area contributed by atoms with E-state index >= 15 is 0 Å². The van der Waals surface area contributed by atoms with Crippen LogP contribution in [0.1, 0.15) is 32.0 Å². The third-order valence-corrected chi connectivity index (χ3v) is 2.77. The summed E-state index contributed by atoms with van der Waals surface area (Å²) in [4.78, 5) is 11.8. The van der Waals surface area contributed by atoms with Crippen molar-refractivity contribution in [3.05, 3.63) is 33.9 Å². The molecule has 0 saturated carbocycles. The number of hydrogen-bond acceptors (Lipinski definition) is 2. The summed E-state index contributed by atoms with van der Waals surface area (Å²) >= 11 is 0. The van der Waals surface area contributed by atoms with E-state index in [9.17, 15) is 4.79 Å². The predicted octanol–water partition coefficient (Wildman–Crippen LogP) is 1.54. The van der Waals surface area contributed by atoms with E-state index in [1.807, 2.05) is 6.92 Å². The summed E-state index contributed by atoms with van der Waals surface area (Å²) < 4.78 is 1.52. The van der Waals surface area contributed by atoms with Crippen LogP contribution in [0.3, 0.4) is 0 Å². The van der Waals surface area contributed by atoms with E-state index in [1.54, 1.807) is 7.05 Å². The molecule has 4 nitrogen and oxygen atoms in total. The molecule has 16 heavy (non-hydrogen) atoms. The zero-order valence-corrected chi connectivity index (χ0v) is 10.6. The Kier molecular flexibility index (Phi) is 3.99. The van der Waals surface area contributed by atoms with Crippen molar-refractivity contribution in [2.45, 2.75) is 33.7 Å². The van der Waals surface area contributed by atoms with Gasteiger partial charge in [-0.25, -0.2) is 0 Å². The van der Waals surface area contributed by atoms with Crippen LogP contribution in [-0.4, -0.2) is 9.78 Å². The standard InChI is InChI=1S/C12H21N3O/c1-6-11-10(12(16)15(5)14-11)7-13-9(4)8(2)3/h8,13-14H,4,6-7H2,1-3,5H3. The van der Waals surface area contributed by atoms with Crippen molar-refractivity contribution in [3.8, 4) is 0 Å². The average Bonchev–Trinajstić information content (AvgIpc) is 2.51. The lowest BCUT2D eigenvalue weighted by atomic mass is 10.1. The van der Waals surface area contributed by atoms with Crippen LogP contribution in [-0.2, 0) is 20.0 Å². The number of rotatable bonds is 5. The summed E-state index contributed by atoms with van der Waals surface area (Å²) in [5.41, 5.74) is 2.81. The third kappa shape index (κ3) is 2.56. The highest BCUT2D eigenvalue weighted by Gasteiger charge is 2.11. The van der Waals surface area contributed by atoms with Crippen LogP contribution in [0.25, 0.3) is 0 Å². The normalized spacial score (nSPS) is 10.8. The maximum atomic E-state index is 11.8. The molecule has 1 rings (SSSR count). The zero-order chi connectivity index (χ0) is 12.3. The molecule has 0 atom stereocenters. The molecule has 1 heterocycles. The molecule has 0 aliphatic carbocycles. The topological polar surface area (TPSA) is 49.8 Å². The van der Waals surface area contributed by atoms with E-state index in [1.165, 1.54) is 4.68 Å². The van der Waals surface area contributed by atoms with Crippen LogP contribution in [0, 0.1) is 5.92 Å². The van der Waals surface area contributed by atoms with Gasteiger partial charge in [0.05, 0.1) is 5.56 Å². The van der Waals surface area contributed by atoms with Gasteiger partial charge < -0.3 is 5.32 Å². The molecule has 0 radical (unpaired) electrons. The van der Waals surface area contributed by atoms with Gasteiger partial charge in [-0.15, -0.1) is 0 Å². The first-order valence-electron chi connectivity index (χ1n) is 5.66. The van der Waals surface area contributed by atoms with Crippen LogP contribution >= 0.6 is 0 Å². The molecular weight excluding hydrogens is 202 g/mol. The van der Waals surface area contributed by atoms with Gasteiger partial charge >= 0.3 is 0 Å². The first-order valence-corrected chi connectivity index (χ1v) is 5.66. The van der Waals surface area contributed by atoms with Crippen molar-refractivity contribution in [2.24, 2.45) is 13.0 Å². The number of nitrogens with one attached hydrogen (secondary N) is 2. The molecule has 4 heteroatoms. The second-order valence-electron chi connectivity index (χ2n) is 4.32. The van der Waals surface area contributed by atoms with Gasteiger partial charge in [0.1, 0.15) is 0 Å². The fraction of sp³-hybridized carbons (Fsp3) is 0.583. The van der Waals surface area contributed by atoms with Gasteiger partial charge in [0, 0.05) is 25.0 Å². The Hall–Kier alpha value is -1.45. The van der Waals surface area contributed by atoms with Crippen LogP contribution < -0.4 is 10.9 Å². The Labute approximate surface area is 96.3 Å². The monoisotopic (exact) mass is 223 g/mol. The zero-order valence-electron chi connectivity index (χ0n) is 10.6. The smallest absolute Gasteiger partial charge is 0.271 e. The van der Waals surface area contributed by atoms with Crippen molar-refractivity contribution < 1.29 is 0 Å². The molecular formula is C12H21N3O. The molecule has 0 bridgehead atoms. The minimum Gasteiger partial charge on any atom is -0.384 e. The molecule has 1 aromatic heterocycles. The second kappa shape index (κ2) is 5.05. The lowest BCUT2D eigenvalue weighted by molar-refractivity contribution is 0.652. The summed E-state index contributed by atoms with van der Waals surface area (Å²) in [5.74, 6) is 0.382. The third-order valence-electron chi connectivity index (χ3n) is 2.77. The SMILES string of the molecule is C=C(NCc1c(CC)[nH]n(C)c1=O)C(C)C. The molecule has 0 amide bonds. The van der Waals surface area contributed by atoms with E-state index in [2.05, 4.69) is 30.8 Å². The second-order valence-corrected chi connectivity index (χ2v) is 4.32. The van der Waals surface area contributed by atoms with Gasteiger partial charge in [-0.2, -0.15) is 0 Å². The number of H-pyrrole nitrogens is 1. The Balaban J connectivity index is 2.81. The summed E-state index contributed by atoms with van der Waals surface area (Å²) in [6.45, 7) is 10.7. The highest BCUT2D eigenvalue weighted by Crippen LogP contribution is 2.06. The van der Waals surface area contributed by atoms with Gasteiger partial charge in [0.15, 0.2) is 0 Å². The molecule has 1 aromatic rings. The summed E-state index contributed by atoms with van der Waals surface area (Å²) in [6.07, 6.45) is 0.835. The predicted molar refractivity (Wildman–Crippen MR) is 66.2 cm³/mol. The first-order chi connectivity index (χ1) is 7.47. The molecule has 2 N–H and O–H groups in total.